The summed E-state index contributed by atoms with van der Waals surface area (Å²) >= 11 is 6.13. The van der Waals surface area contributed by atoms with E-state index in [1.165, 1.54) is 7.11 Å². The van der Waals surface area contributed by atoms with Crippen molar-refractivity contribution in [3.8, 4) is 5.75 Å². The van der Waals surface area contributed by atoms with Crippen LogP contribution in [0.5, 0.6) is 5.75 Å². The number of hydrogen-bond acceptors (Lipinski definition) is 6. The number of anilines is 1. The van der Waals surface area contributed by atoms with Gasteiger partial charge in [-0.3, -0.25) is 9.59 Å². The predicted octanol–water partition coefficient (Wildman–Crippen LogP) is 3.46. The number of carbonyl (C=O) groups excluding carboxylic acids is 2. The first-order valence-corrected chi connectivity index (χ1v) is 12.4. The summed E-state index contributed by atoms with van der Waals surface area (Å²) in [6, 6.07) is 2.99. The van der Waals surface area contributed by atoms with E-state index in [1.807, 2.05) is 25.7 Å². The van der Waals surface area contributed by atoms with Crippen molar-refractivity contribution in [2.45, 2.75) is 52.2 Å². The first-order valence-electron chi connectivity index (χ1n) is 12.0. The number of likely N-dealkylation sites (tertiary alicyclic amines) is 2. The Kier molecular flexibility index (Phi) is 10.5. The predicted molar refractivity (Wildman–Crippen MR) is 142 cm³/mol. The Morgan fingerprint density at radius 2 is 1.80 bits per heavy atom. The number of piperidine rings is 2. The molecule has 2 fully saturated rings. The van der Waals surface area contributed by atoms with Crippen LogP contribution in [-0.2, 0) is 9.53 Å². The molecule has 2 saturated heterocycles. The lowest BCUT2D eigenvalue weighted by atomic mass is 9.90. The second-order valence-corrected chi connectivity index (χ2v) is 10.9. The number of nitrogens with one attached hydrogen (secondary N) is 1. The fourth-order valence-corrected chi connectivity index (χ4v) is 5.03. The molecular formula is C25H40Cl2N4O4. The second-order valence-electron chi connectivity index (χ2n) is 10.5. The Morgan fingerprint density at radius 3 is 2.37 bits per heavy atom. The summed E-state index contributed by atoms with van der Waals surface area (Å²) in [6.45, 7) is 10.2. The molecule has 2 aliphatic rings. The zero-order valence-corrected chi connectivity index (χ0v) is 23.0. The minimum atomic E-state index is -0.327. The Labute approximate surface area is 220 Å². The molecule has 0 aromatic heterocycles. The van der Waals surface area contributed by atoms with Crippen molar-refractivity contribution in [3.63, 3.8) is 0 Å². The summed E-state index contributed by atoms with van der Waals surface area (Å²) < 4.78 is 11.1. The smallest absolute Gasteiger partial charge is 0.255 e. The van der Waals surface area contributed by atoms with Gasteiger partial charge in [0.25, 0.3) is 5.91 Å². The fourth-order valence-electron chi connectivity index (χ4n) is 4.87. The quantitative estimate of drug-likeness (QED) is 0.546. The van der Waals surface area contributed by atoms with Crippen molar-refractivity contribution in [3.05, 3.63) is 22.7 Å². The molecule has 1 aromatic carbocycles. The Balaban J connectivity index is 0.00000432. The van der Waals surface area contributed by atoms with E-state index in [1.54, 1.807) is 19.2 Å². The number of nitrogen functional groups attached to an aromatic ring is 1. The van der Waals surface area contributed by atoms with Gasteiger partial charge in [-0.05, 0) is 31.2 Å². The molecule has 0 radical (unpaired) electrons. The van der Waals surface area contributed by atoms with Crippen LogP contribution >= 0.6 is 24.0 Å². The number of ether oxygens (including phenoxy) is 2. The average Bonchev–Trinajstić information content (AvgIpc) is 2.80. The zero-order valence-electron chi connectivity index (χ0n) is 21.4. The zero-order chi connectivity index (χ0) is 25.0. The highest BCUT2D eigenvalue weighted by Gasteiger charge is 2.34. The lowest BCUT2D eigenvalue weighted by Crippen LogP contribution is -2.56. The second kappa shape index (κ2) is 12.5. The molecule has 0 spiro atoms. The van der Waals surface area contributed by atoms with Gasteiger partial charge in [-0.15, -0.1) is 12.4 Å². The van der Waals surface area contributed by atoms with Crippen LogP contribution in [0, 0.1) is 11.3 Å². The van der Waals surface area contributed by atoms with Gasteiger partial charge < -0.3 is 30.3 Å². The van der Waals surface area contributed by atoms with Gasteiger partial charge in [-0.1, -0.05) is 32.4 Å². The monoisotopic (exact) mass is 530 g/mol. The number of carbonyl (C=O) groups is 2. The van der Waals surface area contributed by atoms with Crippen LogP contribution in [-0.4, -0.2) is 80.7 Å². The third-order valence-corrected chi connectivity index (χ3v) is 7.21. The van der Waals surface area contributed by atoms with Crippen LogP contribution < -0.4 is 15.8 Å². The molecule has 2 amide bonds. The highest BCUT2D eigenvalue weighted by molar-refractivity contribution is 6.33. The maximum absolute atomic E-state index is 13.0. The molecule has 2 aliphatic heterocycles. The van der Waals surface area contributed by atoms with Crippen molar-refractivity contribution < 1.29 is 19.1 Å². The molecule has 0 saturated carbocycles. The minimum Gasteiger partial charge on any atom is -0.496 e. The largest absolute Gasteiger partial charge is 0.496 e. The number of nitrogens with two attached hydrogens (primary N) is 1. The number of halogens is 2. The van der Waals surface area contributed by atoms with Crippen LogP contribution in [0.15, 0.2) is 12.1 Å². The highest BCUT2D eigenvalue weighted by atomic mass is 35.5. The number of benzene rings is 1. The van der Waals surface area contributed by atoms with E-state index in [4.69, 9.17) is 26.8 Å². The van der Waals surface area contributed by atoms with Gasteiger partial charge in [-0.25, -0.2) is 0 Å². The summed E-state index contributed by atoms with van der Waals surface area (Å²) in [4.78, 5) is 30.0. The Bertz CT molecular complexity index is 885. The Morgan fingerprint density at radius 1 is 1.14 bits per heavy atom. The molecule has 3 rings (SSSR count). The average molecular weight is 532 g/mol. The van der Waals surface area contributed by atoms with Crippen LogP contribution in [0.25, 0.3) is 0 Å². The van der Waals surface area contributed by atoms with E-state index in [0.29, 0.717) is 27.9 Å². The van der Waals surface area contributed by atoms with E-state index in [9.17, 15) is 9.59 Å². The van der Waals surface area contributed by atoms with Gasteiger partial charge in [0.15, 0.2) is 0 Å². The number of hydrogen-bond donors (Lipinski definition) is 2. The summed E-state index contributed by atoms with van der Waals surface area (Å²) in [5, 5.41) is 3.42. The lowest BCUT2D eigenvalue weighted by molar-refractivity contribution is -0.141. The molecule has 0 aliphatic carbocycles. The van der Waals surface area contributed by atoms with Gasteiger partial charge in [-0.2, -0.15) is 0 Å². The van der Waals surface area contributed by atoms with E-state index in [0.717, 1.165) is 52.0 Å². The van der Waals surface area contributed by atoms with Gasteiger partial charge >= 0.3 is 0 Å². The van der Waals surface area contributed by atoms with E-state index in [-0.39, 0.29) is 41.8 Å². The summed E-state index contributed by atoms with van der Waals surface area (Å²) in [5.41, 5.74) is 6.24. The third kappa shape index (κ3) is 7.38. The van der Waals surface area contributed by atoms with Crippen LogP contribution in [0.1, 0.15) is 50.4 Å². The first-order chi connectivity index (χ1) is 16.0. The molecule has 10 heteroatoms. The SMILES string of the molecule is COc1cc(N)c(Cl)cc1C(=O)NC1CCN(CC2CCN(C(=O)C(C)(C)C)CC2)CC1OC.Cl. The molecule has 3 N–H and O–H groups in total. The van der Waals surface area contributed by atoms with E-state index >= 15 is 0 Å². The van der Waals surface area contributed by atoms with Crippen molar-refractivity contribution in [2.24, 2.45) is 11.3 Å². The topological polar surface area (TPSA) is 97.1 Å². The molecule has 1 aromatic rings. The highest BCUT2D eigenvalue weighted by Crippen LogP contribution is 2.29. The summed E-state index contributed by atoms with van der Waals surface area (Å²) in [6.07, 6.45) is 2.72. The molecule has 35 heavy (non-hydrogen) atoms. The summed E-state index contributed by atoms with van der Waals surface area (Å²) in [7, 11) is 3.18. The van der Waals surface area contributed by atoms with Gasteiger partial charge in [0.1, 0.15) is 5.75 Å². The van der Waals surface area contributed by atoms with Crippen LogP contribution in [0.2, 0.25) is 5.02 Å². The number of nitrogens with zero attached hydrogens (tertiary/aromatic N) is 2. The maximum atomic E-state index is 13.0. The van der Waals surface area contributed by atoms with E-state index < -0.39 is 0 Å². The molecule has 8 nitrogen and oxygen atoms in total. The van der Waals surface area contributed by atoms with Crippen LogP contribution in [0.3, 0.4) is 0 Å². The first kappa shape index (κ1) is 29.5. The van der Waals surface area contributed by atoms with Crippen molar-refractivity contribution in [1.29, 1.82) is 0 Å². The number of rotatable bonds is 6. The molecular weight excluding hydrogens is 491 g/mol. The molecule has 2 unspecified atom stereocenters. The summed E-state index contributed by atoms with van der Waals surface area (Å²) in [5.74, 6) is 0.937. The normalized spacial score (nSPS) is 21.8. The Hall–Kier alpha value is -1.74. The van der Waals surface area contributed by atoms with Crippen molar-refractivity contribution >= 4 is 41.5 Å². The molecule has 2 atom stereocenters. The van der Waals surface area contributed by atoms with Gasteiger partial charge in [0.2, 0.25) is 5.91 Å². The third-order valence-electron chi connectivity index (χ3n) is 6.89. The van der Waals surface area contributed by atoms with E-state index in [2.05, 4.69) is 10.2 Å². The molecule has 2 heterocycles. The molecule has 198 valence electrons. The van der Waals surface area contributed by atoms with Crippen LogP contribution in [0.4, 0.5) is 5.69 Å². The van der Waals surface area contributed by atoms with Crippen molar-refractivity contribution in [1.82, 2.24) is 15.1 Å². The van der Waals surface area contributed by atoms with Gasteiger partial charge in [0.05, 0.1) is 35.5 Å². The minimum absolute atomic E-state index is 0. The number of amides is 2. The fraction of sp³-hybridized carbons (Fsp3) is 0.680. The number of methoxy groups -OCH3 is 2. The molecule has 0 bridgehead atoms. The lowest BCUT2D eigenvalue weighted by Gasteiger charge is -2.41. The van der Waals surface area contributed by atoms with Gasteiger partial charge in [0, 0.05) is 51.3 Å². The standard InChI is InChI=1S/C25H39ClN4O4.ClH/c1-25(2,3)24(32)30-10-6-16(7-11-30)14-29-9-8-20(22(15-29)34-5)28-23(31)17-12-18(26)19(27)13-21(17)33-4;/h12-13,16,20,22H,6-11,14-15,27H2,1-5H3,(H,28,31);1H. The van der Waals surface area contributed by atoms with Crippen molar-refractivity contribution in [2.75, 3.05) is 52.7 Å². The maximum Gasteiger partial charge on any atom is 0.255 e.